The minimum absolute atomic E-state index is 0.305. The summed E-state index contributed by atoms with van der Waals surface area (Å²) in [5.41, 5.74) is 2.75. The average molecular weight is 423 g/mol. The number of rotatable bonds is 3. The summed E-state index contributed by atoms with van der Waals surface area (Å²) >= 11 is 1.93. The fourth-order valence-corrected chi connectivity index (χ4v) is 2.80. The molecule has 6 nitrogen and oxygen atoms in total. The highest BCUT2D eigenvalue weighted by atomic mass is 127. The molecule has 0 radical (unpaired) electrons. The number of amides is 1. The minimum atomic E-state index is -0.373. The fourth-order valence-electron chi connectivity index (χ4n) is 2.08. The van der Waals surface area contributed by atoms with Gasteiger partial charge in [-0.25, -0.2) is 9.07 Å². The molecule has 0 saturated carbocycles. The zero-order valence-electron chi connectivity index (χ0n) is 12.0. The van der Waals surface area contributed by atoms with Crippen LogP contribution in [0.15, 0.2) is 42.7 Å². The predicted molar refractivity (Wildman–Crippen MR) is 91.0 cm³/mol. The number of hydrogen-bond donors (Lipinski definition) is 1. The van der Waals surface area contributed by atoms with Crippen molar-refractivity contribution < 1.29 is 9.18 Å². The van der Waals surface area contributed by atoms with Crippen LogP contribution in [0.3, 0.4) is 0 Å². The van der Waals surface area contributed by atoms with E-state index in [9.17, 15) is 9.18 Å². The summed E-state index contributed by atoms with van der Waals surface area (Å²) in [6.07, 6.45) is 1.48. The first-order chi connectivity index (χ1) is 11.0. The molecule has 23 heavy (non-hydrogen) atoms. The molecule has 0 spiro atoms. The maximum absolute atomic E-state index is 13.1. The zero-order valence-corrected chi connectivity index (χ0v) is 14.2. The Bertz CT molecular complexity index is 866. The van der Waals surface area contributed by atoms with E-state index in [1.807, 2.05) is 35.6 Å². The van der Waals surface area contributed by atoms with Crippen molar-refractivity contribution in [3.63, 3.8) is 0 Å². The molecule has 0 aliphatic rings. The van der Waals surface area contributed by atoms with Gasteiger partial charge in [0.25, 0.3) is 5.91 Å². The quantitative estimate of drug-likeness (QED) is 0.658. The van der Waals surface area contributed by atoms with Crippen LogP contribution in [0.1, 0.15) is 15.9 Å². The van der Waals surface area contributed by atoms with Crippen LogP contribution in [0.5, 0.6) is 0 Å². The van der Waals surface area contributed by atoms with E-state index in [-0.39, 0.29) is 11.7 Å². The first-order valence-electron chi connectivity index (χ1n) is 6.65. The number of aryl methyl sites for hydroxylation is 1. The molecule has 0 saturated heterocycles. The lowest BCUT2D eigenvalue weighted by Gasteiger charge is -2.10. The molecule has 1 heterocycles. The number of aromatic nitrogens is 4. The molecular formula is C15H11FIN5O. The third-order valence-corrected chi connectivity index (χ3v) is 4.13. The van der Waals surface area contributed by atoms with Gasteiger partial charge in [0.05, 0.1) is 11.3 Å². The fraction of sp³-hybridized carbons (Fsp3) is 0.0667. The Morgan fingerprint density at radius 2 is 2.09 bits per heavy atom. The van der Waals surface area contributed by atoms with E-state index in [4.69, 9.17) is 0 Å². The Morgan fingerprint density at radius 3 is 2.78 bits per heavy atom. The van der Waals surface area contributed by atoms with Crippen LogP contribution in [0, 0.1) is 16.3 Å². The molecule has 0 bridgehead atoms. The number of benzene rings is 2. The lowest BCUT2D eigenvalue weighted by Crippen LogP contribution is -2.14. The SMILES string of the molecule is Cc1ccc(NC(=O)c2ccc(F)cc2I)cc1-n1cnnn1. The molecule has 116 valence electrons. The largest absolute Gasteiger partial charge is 0.322 e. The topological polar surface area (TPSA) is 72.7 Å². The smallest absolute Gasteiger partial charge is 0.256 e. The number of nitrogens with one attached hydrogen (secondary N) is 1. The third kappa shape index (κ3) is 3.36. The minimum Gasteiger partial charge on any atom is -0.322 e. The first-order valence-corrected chi connectivity index (χ1v) is 7.73. The molecular weight excluding hydrogens is 412 g/mol. The van der Waals surface area contributed by atoms with Crippen molar-refractivity contribution in [3.8, 4) is 5.69 Å². The Labute approximate surface area is 144 Å². The third-order valence-electron chi connectivity index (χ3n) is 3.24. The van der Waals surface area contributed by atoms with Gasteiger partial charge in [0.15, 0.2) is 0 Å². The zero-order chi connectivity index (χ0) is 16.4. The van der Waals surface area contributed by atoms with Crippen LogP contribution in [0.4, 0.5) is 10.1 Å². The highest BCUT2D eigenvalue weighted by Crippen LogP contribution is 2.20. The summed E-state index contributed by atoms with van der Waals surface area (Å²) < 4.78 is 15.2. The average Bonchev–Trinajstić information content (AvgIpc) is 3.03. The van der Waals surface area contributed by atoms with Gasteiger partial charge < -0.3 is 5.32 Å². The van der Waals surface area contributed by atoms with E-state index in [1.54, 1.807) is 12.1 Å². The number of carbonyl (C=O) groups excluding carboxylic acids is 1. The molecule has 0 unspecified atom stereocenters. The highest BCUT2D eigenvalue weighted by molar-refractivity contribution is 14.1. The molecule has 1 aromatic heterocycles. The second-order valence-electron chi connectivity index (χ2n) is 4.83. The Morgan fingerprint density at radius 1 is 1.26 bits per heavy atom. The monoisotopic (exact) mass is 423 g/mol. The highest BCUT2D eigenvalue weighted by Gasteiger charge is 2.12. The molecule has 8 heteroatoms. The molecule has 1 amide bonds. The number of carbonyl (C=O) groups is 1. The van der Waals surface area contributed by atoms with Crippen LogP contribution >= 0.6 is 22.6 Å². The maximum atomic E-state index is 13.1. The van der Waals surface area contributed by atoms with Gasteiger partial charge in [0.2, 0.25) is 0 Å². The summed E-state index contributed by atoms with van der Waals surface area (Å²) in [4.78, 5) is 12.3. The number of nitrogens with zero attached hydrogens (tertiary/aromatic N) is 4. The summed E-state index contributed by atoms with van der Waals surface area (Å²) in [5.74, 6) is -0.678. The van der Waals surface area contributed by atoms with Gasteiger partial charge in [0.1, 0.15) is 12.1 Å². The Balaban J connectivity index is 1.88. The van der Waals surface area contributed by atoms with Crippen molar-refractivity contribution in [2.24, 2.45) is 0 Å². The molecule has 0 aliphatic heterocycles. The van der Waals surface area contributed by atoms with Gasteiger partial charge in [-0.2, -0.15) is 0 Å². The summed E-state index contributed by atoms with van der Waals surface area (Å²) in [7, 11) is 0. The number of hydrogen-bond acceptors (Lipinski definition) is 4. The van der Waals surface area contributed by atoms with Gasteiger partial charge >= 0.3 is 0 Å². The molecule has 3 aromatic rings. The first kappa shape index (κ1) is 15.5. The summed E-state index contributed by atoms with van der Waals surface area (Å²) in [6, 6.07) is 9.47. The van der Waals surface area contributed by atoms with Crippen molar-refractivity contribution in [2.45, 2.75) is 6.92 Å². The molecule has 0 aliphatic carbocycles. The van der Waals surface area contributed by atoms with Crippen LogP contribution in [-0.4, -0.2) is 26.1 Å². The van der Waals surface area contributed by atoms with Crippen molar-refractivity contribution in [1.82, 2.24) is 20.2 Å². The molecule has 1 N–H and O–H groups in total. The number of halogens is 2. The Hall–Kier alpha value is -2.36. The maximum Gasteiger partial charge on any atom is 0.256 e. The Kier molecular flexibility index (Phi) is 4.33. The van der Waals surface area contributed by atoms with Crippen molar-refractivity contribution in [1.29, 1.82) is 0 Å². The van der Waals surface area contributed by atoms with E-state index >= 15 is 0 Å². The van der Waals surface area contributed by atoms with E-state index in [2.05, 4.69) is 20.8 Å². The van der Waals surface area contributed by atoms with Crippen molar-refractivity contribution in [2.75, 3.05) is 5.32 Å². The van der Waals surface area contributed by atoms with Gasteiger partial charge in [0, 0.05) is 9.26 Å². The van der Waals surface area contributed by atoms with Crippen molar-refractivity contribution >= 4 is 34.2 Å². The summed E-state index contributed by atoms with van der Waals surface area (Å²) in [5, 5.41) is 13.9. The van der Waals surface area contributed by atoms with E-state index in [1.165, 1.54) is 29.2 Å². The number of tetrazole rings is 1. The van der Waals surface area contributed by atoms with Gasteiger partial charge in [-0.15, -0.1) is 5.10 Å². The van der Waals surface area contributed by atoms with Gasteiger partial charge in [-0.3, -0.25) is 4.79 Å². The molecule has 3 rings (SSSR count). The second-order valence-corrected chi connectivity index (χ2v) is 6.00. The molecule has 0 fully saturated rings. The van der Waals surface area contributed by atoms with Crippen molar-refractivity contribution in [3.05, 3.63) is 63.2 Å². The lowest BCUT2D eigenvalue weighted by molar-refractivity contribution is 0.102. The van der Waals surface area contributed by atoms with Crippen LogP contribution in [0.2, 0.25) is 0 Å². The molecule has 2 aromatic carbocycles. The predicted octanol–water partition coefficient (Wildman–Crippen LogP) is 2.97. The van der Waals surface area contributed by atoms with Crippen LogP contribution < -0.4 is 5.32 Å². The lowest BCUT2D eigenvalue weighted by atomic mass is 10.1. The van der Waals surface area contributed by atoms with Gasteiger partial charge in [-0.1, -0.05) is 6.07 Å². The van der Waals surface area contributed by atoms with E-state index in [0.29, 0.717) is 14.8 Å². The molecule has 0 atom stereocenters. The summed E-state index contributed by atoms with van der Waals surface area (Å²) in [6.45, 7) is 1.92. The van der Waals surface area contributed by atoms with E-state index < -0.39 is 0 Å². The normalized spacial score (nSPS) is 10.6. The standard InChI is InChI=1S/C15H11FIN5O/c1-9-2-4-11(7-14(9)22-8-18-20-21-22)19-15(23)12-5-3-10(16)6-13(12)17/h2-8H,1H3,(H,19,23). The second kappa shape index (κ2) is 6.41. The van der Waals surface area contributed by atoms with Gasteiger partial charge in [-0.05, 0) is 75.8 Å². The number of anilines is 1. The van der Waals surface area contributed by atoms with Crippen LogP contribution in [0.25, 0.3) is 5.69 Å². The van der Waals surface area contributed by atoms with Crippen LogP contribution in [-0.2, 0) is 0 Å². The van der Waals surface area contributed by atoms with E-state index in [0.717, 1.165) is 11.3 Å².